The van der Waals surface area contributed by atoms with Crippen molar-refractivity contribution in [3.63, 3.8) is 0 Å². The first-order valence-corrected chi connectivity index (χ1v) is 9.22. The van der Waals surface area contributed by atoms with Crippen molar-refractivity contribution in [2.24, 2.45) is 5.73 Å². The average molecular weight is 422 g/mol. The summed E-state index contributed by atoms with van der Waals surface area (Å²) < 4.78 is 4.81. The van der Waals surface area contributed by atoms with Crippen molar-refractivity contribution in [2.45, 2.75) is 30.6 Å². The van der Waals surface area contributed by atoms with E-state index in [9.17, 15) is 9.59 Å². The first-order valence-electron chi connectivity index (χ1n) is 8.31. The Labute approximate surface area is 162 Å². The van der Waals surface area contributed by atoms with Gasteiger partial charge in [-0.1, -0.05) is 76.6 Å². The summed E-state index contributed by atoms with van der Waals surface area (Å²) in [4.78, 5) is 21.2. The van der Waals surface area contributed by atoms with Crippen LogP contribution >= 0.6 is 15.9 Å². The molecule has 2 aromatic carbocycles. The van der Waals surface area contributed by atoms with E-state index in [1.807, 2.05) is 60.7 Å². The van der Waals surface area contributed by atoms with Crippen molar-refractivity contribution in [1.82, 2.24) is 0 Å². The standard InChI is InChI=1S/C11H15NO2.C9H9BrO2/c1-2-14-11(13)10(12)8-9-6-4-3-5-7-9;10-8(9(11)12)6-7-4-2-1-3-5-7/h3-7,10H,2,8,12H2,1H3;1-5,8H,6H2,(H,11,12)/t10-;8-/m01/s1. The average Bonchev–Trinajstić information content (AvgIpc) is 2.64. The van der Waals surface area contributed by atoms with Gasteiger partial charge in [0, 0.05) is 0 Å². The van der Waals surface area contributed by atoms with Crippen LogP contribution in [0.25, 0.3) is 0 Å². The highest BCUT2D eigenvalue weighted by Gasteiger charge is 2.14. The zero-order valence-electron chi connectivity index (χ0n) is 14.7. The minimum Gasteiger partial charge on any atom is -0.480 e. The van der Waals surface area contributed by atoms with Gasteiger partial charge in [0.15, 0.2) is 0 Å². The fraction of sp³-hybridized carbons (Fsp3) is 0.300. The predicted molar refractivity (Wildman–Crippen MR) is 105 cm³/mol. The van der Waals surface area contributed by atoms with Crippen LogP contribution in [0.2, 0.25) is 0 Å². The number of aliphatic carboxylic acids is 1. The van der Waals surface area contributed by atoms with Crippen molar-refractivity contribution in [2.75, 3.05) is 6.61 Å². The molecule has 140 valence electrons. The van der Waals surface area contributed by atoms with E-state index in [-0.39, 0.29) is 5.97 Å². The topological polar surface area (TPSA) is 89.6 Å². The number of carbonyl (C=O) groups excluding carboxylic acids is 1. The Morgan fingerprint density at radius 1 is 1.00 bits per heavy atom. The van der Waals surface area contributed by atoms with Crippen LogP contribution in [0.5, 0.6) is 0 Å². The number of rotatable bonds is 7. The summed E-state index contributed by atoms with van der Waals surface area (Å²) in [5.74, 6) is -1.16. The lowest BCUT2D eigenvalue weighted by Gasteiger charge is -2.09. The minimum atomic E-state index is -0.821. The largest absolute Gasteiger partial charge is 0.480 e. The molecule has 0 aliphatic carbocycles. The summed E-state index contributed by atoms with van der Waals surface area (Å²) >= 11 is 3.08. The fourth-order valence-corrected chi connectivity index (χ4v) is 2.48. The Balaban J connectivity index is 0.000000263. The molecule has 0 radical (unpaired) electrons. The first kappa shape index (κ1) is 21.9. The van der Waals surface area contributed by atoms with Crippen LogP contribution in [0, 0.1) is 0 Å². The van der Waals surface area contributed by atoms with Gasteiger partial charge < -0.3 is 15.6 Å². The maximum absolute atomic E-state index is 11.2. The molecule has 5 nitrogen and oxygen atoms in total. The lowest BCUT2D eigenvalue weighted by Crippen LogP contribution is -2.34. The van der Waals surface area contributed by atoms with Gasteiger partial charge in [-0.15, -0.1) is 0 Å². The molecule has 0 aromatic heterocycles. The van der Waals surface area contributed by atoms with E-state index < -0.39 is 16.8 Å². The smallest absolute Gasteiger partial charge is 0.323 e. The van der Waals surface area contributed by atoms with Gasteiger partial charge in [0.1, 0.15) is 10.9 Å². The first-order chi connectivity index (χ1) is 12.4. The molecule has 0 heterocycles. The van der Waals surface area contributed by atoms with E-state index in [2.05, 4.69) is 15.9 Å². The molecular formula is C20H24BrNO4. The Morgan fingerprint density at radius 2 is 1.46 bits per heavy atom. The number of hydrogen-bond acceptors (Lipinski definition) is 4. The van der Waals surface area contributed by atoms with Gasteiger partial charge >= 0.3 is 11.9 Å². The number of carbonyl (C=O) groups is 2. The molecule has 0 spiro atoms. The third kappa shape index (κ3) is 8.78. The van der Waals surface area contributed by atoms with Gasteiger partial charge in [-0.05, 0) is 30.9 Å². The van der Waals surface area contributed by atoms with Gasteiger partial charge in [-0.2, -0.15) is 0 Å². The van der Waals surface area contributed by atoms with Crippen LogP contribution in [0.4, 0.5) is 0 Å². The number of esters is 1. The van der Waals surface area contributed by atoms with E-state index in [0.717, 1.165) is 11.1 Å². The predicted octanol–water partition coefficient (Wildman–Crippen LogP) is 3.20. The number of alkyl halides is 1. The lowest BCUT2D eigenvalue weighted by molar-refractivity contribution is -0.144. The highest BCUT2D eigenvalue weighted by Crippen LogP contribution is 2.09. The Morgan fingerprint density at radius 3 is 1.88 bits per heavy atom. The highest BCUT2D eigenvalue weighted by molar-refractivity contribution is 9.10. The van der Waals surface area contributed by atoms with Crippen LogP contribution in [-0.2, 0) is 27.2 Å². The quantitative estimate of drug-likeness (QED) is 0.529. The second-order valence-corrected chi connectivity index (χ2v) is 6.65. The monoisotopic (exact) mass is 421 g/mol. The summed E-state index contributed by atoms with van der Waals surface area (Å²) in [6.07, 6.45) is 1.05. The maximum Gasteiger partial charge on any atom is 0.323 e. The van der Waals surface area contributed by atoms with Crippen LogP contribution in [0.1, 0.15) is 18.1 Å². The number of nitrogens with two attached hydrogens (primary N) is 1. The lowest BCUT2D eigenvalue weighted by atomic mass is 10.1. The number of carboxylic acid groups (broad SMARTS) is 1. The molecule has 2 rings (SSSR count). The second-order valence-electron chi connectivity index (χ2n) is 5.54. The third-order valence-corrected chi connectivity index (χ3v) is 4.13. The molecule has 2 atom stereocenters. The van der Waals surface area contributed by atoms with E-state index in [0.29, 0.717) is 19.4 Å². The van der Waals surface area contributed by atoms with Gasteiger partial charge in [0.2, 0.25) is 0 Å². The van der Waals surface area contributed by atoms with Crippen LogP contribution in [0.3, 0.4) is 0 Å². The Bertz CT molecular complexity index is 664. The Kier molecular flexibility index (Phi) is 10.3. The molecule has 3 N–H and O–H groups in total. The Hall–Kier alpha value is -2.18. The minimum absolute atomic E-state index is 0.337. The van der Waals surface area contributed by atoms with Crippen molar-refractivity contribution in [1.29, 1.82) is 0 Å². The molecule has 2 aromatic rings. The van der Waals surface area contributed by atoms with Crippen LogP contribution < -0.4 is 5.73 Å². The molecule has 0 bridgehead atoms. The number of benzene rings is 2. The summed E-state index contributed by atoms with van der Waals surface area (Å²) in [5.41, 5.74) is 7.74. The molecule has 6 heteroatoms. The summed E-state index contributed by atoms with van der Waals surface area (Å²) in [6.45, 7) is 2.15. The van der Waals surface area contributed by atoms with Crippen molar-refractivity contribution < 1.29 is 19.4 Å². The summed E-state index contributed by atoms with van der Waals surface area (Å²) in [7, 11) is 0. The van der Waals surface area contributed by atoms with Gasteiger partial charge in [0.05, 0.1) is 6.61 Å². The van der Waals surface area contributed by atoms with Gasteiger partial charge in [-0.25, -0.2) is 0 Å². The maximum atomic E-state index is 11.2. The molecule has 0 fully saturated rings. The van der Waals surface area contributed by atoms with E-state index in [4.69, 9.17) is 15.6 Å². The molecule has 0 aliphatic rings. The van der Waals surface area contributed by atoms with Crippen molar-refractivity contribution >= 4 is 27.9 Å². The summed E-state index contributed by atoms with van der Waals surface area (Å²) in [6, 6.07) is 18.6. The molecule has 0 unspecified atom stereocenters. The third-order valence-electron chi connectivity index (χ3n) is 3.41. The van der Waals surface area contributed by atoms with E-state index >= 15 is 0 Å². The van der Waals surface area contributed by atoms with Crippen LogP contribution in [-0.4, -0.2) is 34.5 Å². The molecule has 26 heavy (non-hydrogen) atoms. The van der Waals surface area contributed by atoms with Gasteiger partial charge in [-0.3, -0.25) is 9.59 Å². The van der Waals surface area contributed by atoms with Crippen molar-refractivity contribution in [3.05, 3.63) is 71.8 Å². The number of ether oxygens (including phenoxy) is 1. The second kappa shape index (κ2) is 12.2. The van der Waals surface area contributed by atoms with E-state index in [1.165, 1.54) is 0 Å². The summed E-state index contributed by atoms with van der Waals surface area (Å²) in [5, 5.41) is 8.60. The zero-order valence-corrected chi connectivity index (χ0v) is 16.3. The number of carboxylic acids is 1. The fourth-order valence-electron chi connectivity index (χ4n) is 2.11. The molecule has 0 aliphatic heterocycles. The van der Waals surface area contributed by atoms with Crippen LogP contribution in [0.15, 0.2) is 60.7 Å². The normalized spacial score (nSPS) is 12.3. The highest BCUT2D eigenvalue weighted by atomic mass is 79.9. The number of hydrogen-bond donors (Lipinski definition) is 2. The molecule has 0 saturated carbocycles. The SMILES string of the molecule is CCOC(=O)[C@@H](N)Cc1ccccc1.O=C(O)[C@H](Br)Cc1ccccc1. The van der Waals surface area contributed by atoms with Crippen molar-refractivity contribution in [3.8, 4) is 0 Å². The zero-order chi connectivity index (χ0) is 19.4. The van der Waals surface area contributed by atoms with E-state index in [1.54, 1.807) is 6.92 Å². The van der Waals surface area contributed by atoms with Gasteiger partial charge in [0.25, 0.3) is 0 Å². The molecule has 0 amide bonds. The number of halogens is 1. The molecule has 0 saturated heterocycles. The molecular weight excluding hydrogens is 398 g/mol.